The molecular formula is C16H19N3O2. The molecule has 2 bridgehead atoms. The van der Waals surface area contributed by atoms with Gasteiger partial charge in [0.2, 0.25) is 0 Å². The van der Waals surface area contributed by atoms with Crippen LogP contribution in [0.4, 0.5) is 0 Å². The van der Waals surface area contributed by atoms with Crippen molar-refractivity contribution in [2.45, 2.75) is 31.3 Å². The Morgan fingerprint density at radius 2 is 1.67 bits per heavy atom. The molecule has 110 valence electrons. The highest BCUT2D eigenvalue weighted by molar-refractivity contribution is 6.21. The second-order valence-corrected chi connectivity index (χ2v) is 6.23. The highest BCUT2D eigenvalue weighted by Gasteiger charge is 2.37. The molecule has 2 fully saturated rings. The molecule has 1 N–H and O–H groups in total. The molecule has 0 aromatic heterocycles. The Morgan fingerprint density at radius 3 is 2.38 bits per heavy atom. The molecule has 2 unspecified atom stereocenters. The third-order valence-corrected chi connectivity index (χ3v) is 4.83. The number of fused-ring (bicyclic) bond motifs is 3. The van der Waals surface area contributed by atoms with Crippen LogP contribution < -0.4 is 5.32 Å². The Bertz CT molecular complexity index is 566. The maximum absolute atomic E-state index is 12.4. The molecule has 4 rings (SSSR count). The van der Waals surface area contributed by atoms with Crippen LogP contribution >= 0.6 is 0 Å². The number of rotatable bonds is 2. The third kappa shape index (κ3) is 2.17. The van der Waals surface area contributed by atoms with Crippen LogP contribution in [0.1, 0.15) is 40.0 Å². The molecule has 0 spiro atoms. The van der Waals surface area contributed by atoms with E-state index in [1.54, 1.807) is 12.1 Å². The zero-order valence-corrected chi connectivity index (χ0v) is 11.9. The van der Waals surface area contributed by atoms with Gasteiger partial charge in [-0.25, -0.2) is 0 Å². The van der Waals surface area contributed by atoms with Gasteiger partial charge in [-0.15, -0.1) is 0 Å². The molecule has 3 aliphatic rings. The van der Waals surface area contributed by atoms with Crippen molar-refractivity contribution < 1.29 is 9.59 Å². The van der Waals surface area contributed by atoms with Gasteiger partial charge in [0, 0.05) is 25.2 Å². The van der Waals surface area contributed by atoms with Gasteiger partial charge in [-0.1, -0.05) is 12.1 Å². The number of amides is 2. The SMILES string of the molecule is O=C1c2ccccc2C(=O)N1CN1CCC2CCC(C1)N2. The van der Waals surface area contributed by atoms with Crippen molar-refractivity contribution in [3.05, 3.63) is 35.4 Å². The highest BCUT2D eigenvalue weighted by Crippen LogP contribution is 2.25. The summed E-state index contributed by atoms with van der Waals surface area (Å²) in [4.78, 5) is 28.4. The largest absolute Gasteiger partial charge is 0.310 e. The van der Waals surface area contributed by atoms with Gasteiger partial charge >= 0.3 is 0 Å². The zero-order chi connectivity index (χ0) is 14.4. The van der Waals surface area contributed by atoms with Gasteiger partial charge in [0.15, 0.2) is 0 Å². The summed E-state index contributed by atoms with van der Waals surface area (Å²) in [5, 5.41) is 3.62. The lowest BCUT2D eigenvalue weighted by Gasteiger charge is -2.27. The fraction of sp³-hybridized carbons (Fsp3) is 0.500. The van der Waals surface area contributed by atoms with Crippen LogP contribution in [0.25, 0.3) is 0 Å². The number of nitrogens with zero attached hydrogens (tertiary/aromatic N) is 2. The molecule has 1 aromatic rings. The van der Waals surface area contributed by atoms with E-state index in [9.17, 15) is 9.59 Å². The molecular weight excluding hydrogens is 266 g/mol. The number of benzene rings is 1. The van der Waals surface area contributed by atoms with E-state index in [0.717, 1.165) is 19.5 Å². The van der Waals surface area contributed by atoms with Gasteiger partial charge in [0.25, 0.3) is 11.8 Å². The number of hydrogen-bond acceptors (Lipinski definition) is 4. The summed E-state index contributed by atoms with van der Waals surface area (Å²) < 4.78 is 0. The molecule has 0 saturated carbocycles. The minimum Gasteiger partial charge on any atom is -0.310 e. The molecule has 2 atom stereocenters. The Morgan fingerprint density at radius 1 is 1.00 bits per heavy atom. The van der Waals surface area contributed by atoms with E-state index in [-0.39, 0.29) is 11.8 Å². The molecule has 0 aliphatic carbocycles. The van der Waals surface area contributed by atoms with Gasteiger partial charge in [0.05, 0.1) is 17.8 Å². The first-order chi connectivity index (χ1) is 10.2. The van der Waals surface area contributed by atoms with E-state index in [4.69, 9.17) is 0 Å². The van der Waals surface area contributed by atoms with Gasteiger partial charge in [-0.3, -0.25) is 19.4 Å². The number of imide groups is 1. The van der Waals surface area contributed by atoms with E-state index < -0.39 is 0 Å². The lowest BCUT2D eigenvalue weighted by molar-refractivity contribution is 0.0536. The molecule has 5 nitrogen and oxygen atoms in total. The molecule has 3 heterocycles. The van der Waals surface area contributed by atoms with E-state index in [2.05, 4.69) is 10.2 Å². The minimum absolute atomic E-state index is 0.155. The highest BCUT2D eigenvalue weighted by atomic mass is 16.2. The number of nitrogens with one attached hydrogen (secondary N) is 1. The molecule has 21 heavy (non-hydrogen) atoms. The summed E-state index contributed by atoms with van der Waals surface area (Å²) in [5.41, 5.74) is 1.08. The normalized spacial score (nSPS) is 28.9. The quantitative estimate of drug-likeness (QED) is 0.826. The first kappa shape index (κ1) is 13.0. The van der Waals surface area contributed by atoms with Crippen LogP contribution in [0.5, 0.6) is 0 Å². The van der Waals surface area contributed by atoms with Crippen molar-refractivity contribution in [3.8, 4) is 0 Å². The minimum atomic E-state index is -0.155. The van der Waals surface area contributed by atoms with Crippen LogP contribution in [0.2, 0.25) is 0 Å². The van der Waals surface area contributed by atoms with Crippen molar-refractivity contribution in [1.82, 2.24) is 15.1 Å². The fourth-order valence-electron chi connectivity index (χ4n) is 3.71. The molecule has 2 saturated heterocycles. The summed E-state index contributed by atoms with van der Waals surface area (Å²) in [7, 11) is 0. The number of hydrogen-bond donors (Lipinski definition) is 1. The Kier molecular flexibility index (Phi) is 3.05. The molecule has 1 aromatic carbocycles. The summed E-state index contributed by atoms with van der Waals surface area (Å²) in [6.07, 6.45) is 3.55. The van der Waals surface area contributed by atoms with Gasteiger partial charge in [-0.05, 0) is 31.4 Å². The lowest BCUT2D eigenvalue weighted by Crippen LogP contribution is -2.44. The van der Waals surface area contributed by atoms with Crippen LogP contribution in [-0.2, 0) is 0 Å². The second kappa shape index (κ2) is 4.93. The Hall–Kier alpha value is -1.72. The molecule has 2 amide bonds. The first-order valence-electron chi connectivity index (χ1n) is 7.66. The van der Waals surface area contributed by atoms with Crippen LogP contribution in [0.15, 0.2) is 24.3 Å². The summed E-state index contributed by atoms with van der Waals surface area (Å²) >= 11 is 0. The van der Waals surface area contributed by atoms with Gasteiger partial charge < -0.3 is 5.32 Å². The van der Waals surface area contributed by atoms with Crippen molar-refractivity contribution >= 4 is 11.8 Å². The standard InChI is InChI=1S/C16H19N3O2/c20-15-13-3-1-2-4-14(13)16(21)19(15)10-18-8-7-11-5-6-12(9-18)17-11/h1-4,11-12,17H,5-10H2. The molecule has 0 radical (unpaired) electrons. The van der Waals surface area contributed by atoms with Crippen LogP contribution in [0, 0.1) is 0 Å². The number of likely N-dealkylation sites (tertiary alicyclic amines) is 1. The second-order valence-electron chi connectivity index (χ2n) is 6.23. The monoisotopic (exact) mass is 285 g/mol. The van der Waals surface area contributed by atoms with Crippen LogP contribution in [-0.4, -0.2) is 53.5 Å². The Labute approximate surface area is 123 Å². The van der Waals surface area contributed by atoms with Crippen molar-refractivity contribution in [2.75, 3.05) is 19.8 Å². The number of carbonyl (C=O) groups excluding carboxylic acids is 2. The van der Waals surface area contributed by atoms with E-state index in [1.165, 1.54) is 17.7 Å². The molecule has 3 aliphatic heterocycles. The maximum atomic E-state index is 12.4. The summed E-state index contributed by atoms with van der Waals surface area (Å²) in [5.74, 6) is -0.309. The van der Waals surface area contributed by atoms with Crippen molar-refractivity contribution in [1.29, 1.82) is 0 Å². The zero-order valence-electron chi connectivity index (χ0n) is 11.9. The van der Waals surface area contributed by atoms with Crippen LogP contribution in [0.3, 0.4) is 0 Å². The van der Waals surface area contributed by atoms with Crippen molar-refractivity contribution in [2.24, 2.45) is 0 Å². The van der Waals surface area contributed by atoms with Crippen molar-refractivity contribution in [3.63, 3.8) is 0 Å². The predicted molar refractivity (Wildman–Crippen MR) is 77.9 cm³/mol. The maximum Gasteiger partial charge on any atom is 0.262 e. The predicted octanol–water partition coefficient (Wildman–Crippen LogP) is 1.07. The number of carbonyl (C=O) groups is 2. The third-order valence-electron chi connectivity index (χ3n) is 4.83. The topological polar surface area (TPSA) is 52.7 Å². The van der Waals surface area contributed by atoms with E-state index >= 15 is 0 Å². The average molecular weight is 285 g/mol. The van der Waals surface area contributed by atoms with Gasteiger partial charge in [-0.2, -0.15) is 0 Å². The Balaban J connectivity index is 1.51. The summed E-state index contributed by atoms with van der Waals surface area (Å²) in [6.45, 7) is 2.28. The fourth-order valence-corrected chi connectivity index (χ4v) is 3.71. The smallest absolute Gasteiger partial charge is 0.262 e. The molecule has 5 heteroatoms. The first-order valence-corrected chi connectivity index (χ1v) is 7.66. The average Bonchev–Trinajstić information content (AvgIpc) is 2.95. The van der Waals surface area contributed by atoms with E-state index in [0.29, 0.717) is 29.9 Å². The summed E-state index contributed by atoms with van der Waals surface area (Å²) in [6, 6.07) is 8.21. The van der Waals surface area contributed by atoms with Gasteiger partial charge in [0.1, 0.15) is 0 Å². The van der Waals surface area contributed by atoms with E-state index in [1.807, 2.05) is 12.1 Å². The lowest BCUT2D eigenvalue weighted by atomic mass is 10.1.